The molecule has 0 bridgehead atoms. The first-order valence-electron chi connectivity index (χ1n) is 5.78. The molecule has 0 atom stereocenters. The predicted octanol–water partition coefficient (Wildman–Crippen LogP) is 1.07. The van der Waals surface area contributed by atoms with E-state index in [9.17, 15) is 4.79 Å². The zero-order chi connectivity index (χ0) is 13.5. The first kappa shape index (κ1) is 12.8. The average molecular weight is 258 g/mol. The monoisotopic (exact) mass is 258 g/mol. The van der Waals surface area contributed by atoms with E-state index in [1.807, 2.05) is 6.07 Å². The maximum atomic E-state index is 11.2. The van der Waals surface area contributed by atoms with E-state index < -0.39 is 5.91 Å². The van der Waals surface area contributed by atoms with Crippen molar-refractivity contribution in [3.63, 3.8) is 0 Å². The quantitative estimate of drug-likeness (QED) is 0.756. The molecule has 1 amide bonds. The van der Waals surface area contributed by atoms with Gasteiger partial charge in [-0.2, -0.15) is 0 Å². The van der Waals surface area contributed by atoms with Crippen molar-refractivity contribution in [2.45, 2.75) is 0 Å². The topological polar surface area (TPSA) is 90.1 Å². The fourth-order valence-electron chi connectivity index (χ4n) is 1.53. The number of nitrogens with one attached hydrogen (secondary N) is 1. The van der Waals surface area contributed by atoms with Gasteiger partial charge in [0.15, 0.2) is 0 Å². The number of hydrogen-bond donors (Lipinski definition) is 2. The lowest BCUT2D eigenvalue weighted by molar-refractivity contribution is 0.100. The van der Waals surface area contributed by atoms with E-state index in [-0.39, 0.29) is 0 Å². The van der Waals surface area contributed by atoms with Crippen LogP contribution in [0, 0.1) is 0 Å². The highest BCUT2D eigenvalue weighted by molar-refractivity contribution is 5.98. The number of carbonyl (C=O) groups excluding carboxylic acids is 1. The summed E-state index contributed by atoms with van der Waals surface area (Å²) in [4.78, 5) is 19.0. The molecule has 6 heteroatoms. The number of rotatable bonds is 6. The summed E-state index contributed by atoms with van der Waals surface area (Å²) >= 11 is 0. The van der Waals surface area contributed by atoms with Gasteiger partial charge in [-0.15, -0.1) is 0 Å². The van der Waals surface area contributed by atoms with Crippen LogP contribution in [0.5, 0.6) is 5.75 Å². The van der Waals surface area contributed by atoms with Crippen LogP contribution in [0.1, 0.15) is 10.4 Å². The molecule has 98 valence electrons. The molecule has 6 nitrogen and oxygen atoms in total. The number of carbonyl (C=O) groups is 1. The van der Waals surface area contributed by atoms with Crippen LogP contribution < -0.4 is 15.8 Å². The Hall–Kier alpha value is -2.63. The van der Waals surface area contributed by atoms with E-state index in [0.717, 1.165) is 0 Å². The van der Waals surface area contributed by atoms with Gasteiger partial charge in [-0.1, -0.05) is 0 Å². The summed E-state index contributed by atoms with van der Waals surface area (Å²) in [5, 5.41) is 3.08. The van der Waals surface area contributed by atoms with E-state index in [1.165, 1.54) is 6.20 Å². The molecule has 0 spiro atoms. The summed E-state index contributed by atoms with van der Waals surface area (Å²) in [6.07, 6.45) is 6.35. The zero-order valence-electron chi connectivity index (χ0n) is 10.2. The van der Waals surface area contributed by atoms with Crippen molar-refractivity contribution in [1.29, 1.82) is 0 Å². The van der Waals surface area contributed by atoms with Crippen molar-refractivity contribution in [2.24, 2.45) is 5.73 Å². The van der Waals surface area contributed by atoms with Crippen molar-refractivity contribution in [1.82, 2.24) is 9.97 Å². The minimum atomic E-state index is -0.510. The van der Waals surface area contributed by atoms with Crippen LogP contribution in [0.3, 0.4) is 0 Å². The summed E-state index contributed by atoms with van der Waals surface area (Å²) in [6, 6.07) is 5.33. The molecule has 19 heavy (non-hydrogen) atoms. The molecule has 0 unspecified atom stereocenters. The van der Waals surface area contributed by atoms with Crippen molar-refractivity contribution in [2.75, 3.05) is 18.5 Å². The Bertz CT molecular complexity index is 545. The van der Waals surface area contributed by atoms with E-state index >= 15 is 0 Å². The first-order valence-corrected chi connectivity index (χ1v) is 5.78. The minimum Gasteiger partial charge on any atom is -0.490 e. The Morgan fingerprint density at radius 3 is 2.84 bits per heavy atom. The molecule has 0 fully saturated rings. The van der Waals surface area contributed by atoms with E-state index in [1.54, 1.807) is 30.7 Å². The molecular weight excluding hydrogens is 244 g/mol. The summed E-state index contributed by atoms with van der Waals surface area (Å²) in [5.74, 6) is 0.193. The SMILES string of the molecule is NC(=O)c1cnccc1NCCOc1cccnc1. The number of amides is 1. The van der Waals surface area contributed by atoms with Crippen LogP contribution in [-0.2, 0) is 0 Å². The average Bonchev–Trinajstić information content (AvgIpc) is 2.45. The third-order valence-electron chi connectivity index (χ3n) is 2.41. The lowest BCUT2D eigenvalue weighted by atomic mass is 10.2. The molecule has 2 aromatic heterocycles. The van der Waals surface area contributed by atoms with E-state index in [2.05, 4.69) is 15.3 Å². The number of pyridine rings is 2. The molecule has 0 aliphatic heterocycles. The Balaban J connectivity index is 1.85. The number of anilines is 1. The van der Waals surface area contributed by atoms with Gasteiger partial charge in [0.25, 0.3) is 5.91 Å². The largest absolute Gasteiger partial charge is 0.490 e. The molecule has 3 N–H and O–H groups in total. The van der Waals surface area contributed by atoms with Gasteiger partial charge < -0.3 is 15.8 Å². The lowest BCUT2D eigenvalue weighted by Gasteiger charge is -2.10. The molecular formula is C13H14N4O2. The van der Waals surface area contributed by atoms with Crippen molar-refractivity contribution in [3.05, 3.63) is 48.5 Å². The first-order chi connectivity index (χ1) is 9.27. The number of hydrogen-bond acceptors (Lipinski definition) is 5. The Morgan fingerprint density at radius 2 is 2.11 bits per heavy atom. The van der Waals surface area contributed by atoms with Gasteiger partial charge in [-0.05, 0) is 18.2 Å². The van der Waals surface area contributed by atoms with Crippen molar-refractivity contribution in [3.8, 4) is 5.75 Å². The highest BCUT2D eigenvalue weighted by Gasteiger charge is 2.06. The molecule has 2 rings (SSSR count). The number of nitrogens with two attached hydrogens (primary N) is 1. The van der Waals surface area contributed by atoms with Gasteiger partial charge in [-0.3, -0.25) is 14.8 Å². The summed E-state index contributed by atoms with van der Waals surface area (Å²) in [6.45, 7) is 0.991. The zero-order valence-corrected chi connectivity index (χ0v) is 10.2. The standard InChI is InChI=1S/C13H14N4O2/c14-13(18)11-9-16-5-3-12(11)17-6-7-19-10-2-1-4-15-8-10/h1-5,8-9H,6-7H2,(H2,14,18)(H,16,17). The van der Waals surface area contributed by atoms with Crippen molar-refractivity contribution < 1.29 is 9.53 Å². The van der Waals surface area contributed by atoms with Crippen LogP contribution in [0.25, 0.3) is 0 Å². The molecule has 0 saturated heterocycles. The maximum absolute atomic E-state index is 11.2. The second-order valence-corrected chi connectivity index (χ2v) is 3.75. The minimum absolute atomic E-state index is 0.365. The fraction of sp³-hybridized carbons (Fsp3) is 0.154. The highest BCUT2D eigenvalue weighted by Crippen LogP contribution is 2.12. The van der Waals surface area contributed by atoms with E-state index in [4.69, 9.17) is 10.5 Å². The van der Waals surface area contributed by atoms with Gasteiger partial charge in [-0.25, -0.2) is 0 Å². The highest BCUT2D eigenvalue weighted by atomic mass is 16.5. The van der Waals surface area contributed by atoms with Crippen LogP contribution in [0.15, 0.2) is 43.0 Å². The molecule has 2 heterocycles. The third-order valence-corrected chi connectivity index (χ3v) is 2.41. The van der Waals surface area contributed by atoms with Gasteiger partial charge in [0, 0.05) is 25.1 Å². The smallest absolute Gasteiger partial charge is 0.252 e. The Labute approximate surface area is 110 Å². The molecule has 2 aromatic rings. The van der Waals surface area contributed by atoms with Crippen LogP contribution >= 0.6 is 0 Å². The summed E-state index contributed by atoms with van der Waals surface area (Å²) in [7, 11) is 0. The van der Waals surface area contributed by atoms with Crippen LogP contribution in [0.4, 0.5) is 5.69 Å². The molecule has 0 aromatic carbocycles. The number of aromatic nitrogens is 2. The van der Waals surface area contributed by atoms with Crippen LogP contribution in [0.2, 0.25) is 0 Å². The summed E-state index contributed by atoms with van der Waals surface area (Å²) < 4.78 is 5.47. The van der Waals surface area contributed by atoms with Crippen molar-refractivity contribution >= 4 is 11.6 Å². The second-order valence-electron chi connectivity index (χ2n) is 3.75. The summed E-state index contributed by atoms with van der Waals surface area (Å²) in [5.41, 5.74) is 6.27. The van der Waals surface area contributed by atoms with E-state index in [0.29, 0.717) is 30.2 Å². The van der Waals surface area contributed by atoms with Gasteiger partial charge in [0.05, 0.1) is 17.4 Å². The molecule has 0 saturated carbocycles. The molecule has 0 radical (unpaired) electrons. The van der Waals surface area contributed by atoms with Gasteiger partial charge in [0.1, 0.15) is 12.4 Å². The third kappa shape index (κ3) is 3.67. The lowest BCUT2D eigenvalue weighted by Crippen LogP contribution is -2.17. The second kappa shape index (κ2) is 6.34. The Kier molecular flexibility index (Phi) is 4.28. The fourth-order valence-corrected chi connectivity index (χ4v) is 1.53. The number of nitrogens with zero attached hydrogens (tertiary/aromatic N) is 2. The predicted molar refractivity (Wildman–Crippen MR) is 71.0 cm³/mol. The number of ether oxygens (including phenoxy) is 1. The Morgan fingerprint density at radius 1 is 1.26 bits per heavy atom. The molecule has 0 aliphatic rings. The van der Waals surface area contributed by atoms with Gasteiger partial charge >= 0.3 is 0 Å². The normalized spacial score (nSPS) is 9.89. The maximum Gasteiger partial charge on any atom is 0.252 e. The van der Waals surface area contributed by atoms with Gasteiger partial charge in [0.2, 0.25) is 0 Å². The van der Waals surface area contributed by atoms with Crippen LogP contribution in [-0.4, -0.2) is 29.0 Å². The number of primary amides is 1. The molecule has 0 aliphatic carbocycles.